The number of hydrogen-bond donors (Lipinski definition) is 0. The highest BCUT2D eigenvalue weighted by Gasteiger charge is 2.33. The van der Waals surface area contributed by atoms with E-state index >= 15 is 0 Å². The monoisotopic (exact) mass is 490 g/mol. The molecule has 0 atom stereocenters. The molecule has 0 bridgehead atoms. The van der Waals surface area contributed by atoms with Crippen molar-refractivity contribution in [2.45, 2.75) is 148 Å². The minimum absolute atomic E-state index is 0.835. The number of benzene rings is 1. The van der Waals surface area contributed by atoms with Gasteiger partial charge in [-0.05, 0) is 36.9 Å². The van der Waals surface area contributed by atoms with Crippen LogP contribution in [0.5, 0.6) is 0 Å². The largest absolute Gasteiger partial charge is 0.394 e. The molecule has 0 spiro atoms. The number of unbranched alkanes of at least 4 members (excludes halogenated alkanes) is 15. The molecule has 0 saturated carbocycles. The van der Waals surface area contributed by atoms with E-state index in [0.29, 0.717) is 0 Å². The van der Waals surface area contributed by atoms with Crippen molar-refractivity contribution in [2.24, 2.45) is 0 Å². The van der Waals surface area contributed by atoms with E-state index in [0.717, 1.165) is 38.1 Å². The van der Waals surface area contributed by atoms with Crippen molar-refractivity contribution in [3.63, 3.8) is 0 Å². The molecule has 0 aromatic heterocycles. The maximum Gasteiger partial charge on any atom is 0.337 e. The van der Waals surface area contributed by atoms with Gasteiger partial charge in [-0.2, -0.15) is 0 Å². The SMILES string of the molecule is CCCCCCCCCCCCCCCCCCO[Si](CC)(CC)OCCCc1ccccc1. The van der Waals surface area contributed by atoms with E-state index in [-0.39, 0.29) is 0 Å². The molecule has 1 aromatic carbocycles. The highest BCUT2D eigenvalue weighted by molar-refractivity contribution is 6.67. The maximum atomic E-state index is 6.42. The highest BCUT2D eigenvalue weighted by atomic mass is 28.4. The van der Waals surface area contributed by atoms with Crippen molar-refractivity contribution in [3.05, 3.63) is 35.9 Å². The second-order valence-corrected chi connectivity index (χ2v) is 14.0. The molecule has 0 N–H and O–H groups in total. The Morgan fingerprint density at radius 2 is 0.912 bits per heavy atom. The molecule has 0 saturated heterocycles. The number of rotatable bonds is 25. The molecule has 0 fully saturated rings. The first kappa shape index (κ1) is 31.4. The second-order valence-electron chi connectivity index (χ2n) is 10.2. The van der Waals surface area contributed by atoms with Gasteiger partial charge in [0, 0.05) is 13.2 Å². The van der Waals surface area contributed by atoms with Crippen molar-refractivity contribution < 1.29 is 8.85 Å². The van der Waals surface area contributed by atoms with Gasteiger partial charge in [0.2, 0.25) is 0 Å². The van der Waals surface area contributed by atoms with Gasteiger partial charge in [0.25, 0.3) is 0 Å². The van der Waals surface area contributed by atoms with Gasteiger partial charge in [-0.1, -0.05) is 147 Å². The van der Waals surface area contributed by atoms with Crippen molar-refractivity contribution >= 4 is 8.56 Å². The summed E-state index contributed by atoms with van der Waals surface area (Å²) in [5.41, 5.74) is 1.40. The van der Waals surface area contributed by atoms with E-state index in [1.807, 2.05) is 0 Å². The first-order valence-corrected chi connectivity index (χ1v) is 17.3. The molecule has 0 aliphatic carbocycles. The normalized spacial score (nSPS) is 11.9. The Morgan fingerprint density at radius 3 is 1.35 bits per heavy atom. The molecular formula is C31H58O2Si. The zero-order chi connectivity index (χ0) is 24.6. The molecule has 0 aliphatic heterocycles. The average Bonchev–Trinajstić information content (AvgIpc) is 2.88. The molecule has 2 nitrogen and oxygen atoms in total. The summed E-state index contributed by atoms with van der Waals surface area (Å²) in [6.07, 6.45) is 24.7. The van der Waals surface area contributed by atoms with Gasteiger partial charge in [-0.3, -0.25) is 0 Å². The Morgan fingerprint density at radius 1 is 0.500 bits per heavy atom. The summed E-state index contributed by atoms with van der Waals surface area (Å²) in [6.45, 7) is 8.53. The Kier molecular flexibility index (Phi) is 21.0. The average molecular weight is 491 g/mol. The molecule has 1 rings (SSSR count). The van der Waals surface area contributed by atoms with Crippen molar-refractivity contribution in [3.8, 4) is 0 Å². The minimum Gasteiger partial charge on any atom is -0.394 e. The quantitative estimate of drug-likeness (QED) is 0.100. The van der Waals surface area contributed by atoms with Crippen LogP contribution in [0.4, 0.5) is 0 Å². The predicted octanol–water partition coefficient (Wildman–Crippen LogP) is 10.4. The van der Waals surface area contributed by atoms with E-state index in [2.05, 4.69) is 51.1 Å². The van der Waals surface area contributed by atoms with E-state index in [1.54, 1.807) is 0 Å². The fourth-order valence-electron chi connectivity index (χ4n) is 4.79. The summed E-state index contributed by atoms with van der Waals surface area (Å²) >= 11 is 0. The zero-order valence-corrected chi connectivity index (χ0v) is 24.3. The van der Waals surface area contributed by atoms with Crippen molar-refractivity contribution in [1.29, 1.82) is 0 Å². The smallest absolute Gasteiger partial charge is 0.337 e. The minimum atomic E-state index is -1.99. The van der Waals surface area contributed by atoms with Gasteiger partial charge in [-0.25, -0.2) is 0 Å². The molecule has 198 valence electrons. The summed E-state index contributed by atoms with van der Waals surface area (Å²) in [5, 5.41) is 0. The van der Waals surface area contributed by atoms with Crippen LogP contribution in [-0.2, 0) is 15.3 Å². The lowest BCUT2D eigenvalue weighted by molar-refractivity contribution is 0.164. The van der Waals surface area contributed by atoms with E-state index in [9.17, 15) is 0 Å². The summed E-state index contributed by atoms with van der Waals surface area (Å²) in [5.74, 6) is 0. The van der Waals surface area contributed by atoms with Crippen molar-refractivity contribution in [2.75, 3.05) is 13.2 Å². The van der Waals surface area contributed by atoms with E-state index in [4.69, 9.17) is 8.85 Å². The van der Waals surface area contributed by atoms with Crippen LogP contribution in [0.1, 0.15) is 135 Å². The first-order chi connectivity index (χ1) is 16.8. The summed E-state index contributed by atoms with van der Waals surface area (Å²) < 4.78 is 12.8. The second kappa shape index (κ2) is 22.8. The topological polar surface area (TPSA) is 18.5 Å². The lowest BCUT2D eigenvalue weighted by Crippen LogP contribution is -2.41. The lowest BCUT2D eigenvalue weighted by atomic mass is 10.0. The Balaban J connectivity index is 1.93. The van der Waals surface area contributed by atoms with Gasteiger partial charge in [0.15, 0.2) is 0 Å². The molecule has 34 heavy (non-hydrogen) atoms. The first-order valence-electron chi connectivity index (χ1n) is 15.1. The number of hydrogen-bond acceptors (Lipinski definition) is 2. The van der Waals surface area contributed by atoms with Crippen LogP contribution in [0.15, 0.2) is 30.3 Å². The fourth-order valence-corrected chi connectivity index (χ4v) is 7.22. The molecule has 0 heterocycles. The van der Waals surface area contributed by atoms with Gasteiger partial charge in [-0.15, -0.1) is 0 Å². The summed E-state index contributed by atoms with van der Waals surface area (Å²) in [4.78, 5) is 0. The molecular weight excluding hydrogens is 432 g/mol. The molecule has 0 aliphatic rings. The third-order valence-corrected chi connectivity index (χ3v) is 10.9. The van der Waals surface area contributed by atoms with Crippen LogP contribution in [0, 0.1) is 0 Å². The standard InChI is InChI=1S/C31H58O2Si/c1-4-7-8-9-10-11-12-13-14-15-16-17-18-19-20-24-29-32-34(5-2,6-3)33-30-25-28-31-26-22-21-23-27-31/h21-23,26-27H,4-20,24-25,28-30H2,1-3H3. The van der Waals surface area contributed by atoms with Gasteiger partial charge in [0.1, 0.15) is 0 Å². The van der Waals surface area contributed by atoms with Crippen LogP contribution >= 0.6 is 0 Å². The molecule has 0 radical (unpaired) electrons. The van der Waals surface area contributed by atoms with Gasteiger partial charge in [0.05, 0.1) is 0 Å². The third kappa shape index (κ3) is 16.9. The van der Waals surface area contributed by atoms with Crippen LogP contribution < -0.4 is 0 Å². The third-order valence-electron chi connectivity index (χ3n) is 7.26. The van der Waals surface area contributed by atoms with Crippen molar-refractivity contribution in [1.82, 2.24) is 0 Å². The molecule has 0 amide bonds. The van der Waals surface area contributed by atoms with Gasteiger partial charge < -0.3 is 8.85 Å². The zero-order valence-electron chi connectivity index (χ0n) is 23.3. The predicted molar refractivity (Wildman–Crippen MR) is 153 cm³/mol. The molecule has 3 heteroatoms. The fraction of sp³-hybridized carbons (Fsp3) is 0.806. The summed E-state index contributed by atoms with van der Waals surface area (Å²) in [7, 11) is -1.99. The van der Waals surface area contributed by atoms with E-state index in [1.165, 1.54) is 108 Å². The summed E-state index contributed by atoms with van der Waals surface area (Å²) in [6, 6.07) is 12.9. The Bertz CT molecular complexity index is 529. The molecule has 0 unspecified atom stereocenters. The van der Waals surface area contributed by atoms with Crippen LogP contribution in [0.3, 0.4) is 0 Å². The Labute approximate surface area is 214 Å². The van der Waals surface area contributed by atoms with E-state index < -0.39 is 8.56 Å². The van der Waals surface area contributed by atoms with Crippen LogP contribution in [0.25, 0.3) is 0 Å². The number of aryl methyl sites for hydroxylation is 1. The maximum absolute atomic E-state index is 6.42. The van der Waals surface area contributed by atoms with Gasteiger partial charge >= 0.3 is 8.56 Å². The molecule has 1 aromatic rings. The lowest BCUT2D eigenvalue weighted by Gasteiger charge is -2.29. The van der Waals surface area contributed by atoms with Crippen LogP contribution in [-0.4, -0.2) is 21.8 Å². The van der Waals surface area contributed by atoms with Crippen LogP contribution in [0.2, 0.25) is 12.1 Å². The highest BCUT2D eigenvalue weighted by Crippen LogP contribution is 2.20. The Hall–Kier alpha value is -0.643.